The maximum absolute atomic E-state index is 11.9. The van der Waals surface area contributed by atoms with E-state index in [1.54, 1.807) is 6.92 Å². The molecule has 0 radical (unpaired) electrons. The van der Waals surface area contributed by atoms with Crippen LogP contribution in [0, 0.1) is 5.92 Å². The van der Waals surface area contributed by atoms with Crippen LogP contribution in [0.1, 0.15) is 25.3 Å². The second kappa shape index (κ2) is 7.20. The molecule has 1 aliphatic heterocycles. The summed E-state index contributed by atoms with van der Waals surface area (Å²) in [6.45, 7) is 4.39. The maximum Gasteiger partial charge on any atom is 0.306 e. The predicted molar refractivity (Wildman–Crippen MR) is 76.1 cm³/mol. The average molecular weight is 275 g/mol. The number of ketones is 1. The highest BCUT2D eigenvalue weighted by Gasteiger charge is 2.29. The van der Waals surface area contributed by atoms with Crippen LogP contribution in [0.4, 0.5) is 0 Å². The number of ether oxygens (including phenoxy) is 1. The van der Waals surface area contributed by atoms with Gasteiger partial charge in [-0.2, -0.15) is 0 Å². The number of Topliss-reactive ketones (excluding diaryl/α,β-unsaturated/α-hetero) is 1. The lowest BCUT2D eigenvalue weighted by Crippen LogP contribution is -2.41. The summed E-state index contributed by atoms with van der Waals surface area (Å²) < 4.78 is 4.94. The molecule has 20 heavy (non-hydrogen) atoms. The molecule has 0 amide bonds. The first kappa shape index (κ1) is 14.7. The van der Waals surface area contributed by atoms with E-state index < -0.39 is 0 Å². The molecule has 1 aromatic rings. The summed E-state index contributed by atoms with van der Waals surface area (Å²) in [7, 11) is 0. The molecular formula is C16H21NO3. The summed E-state index contributed by atoms with van der Waals surface area (Å²) in [4.78, 5) is 25.7. The van der Waals surface area contributed by atoms with E-state index in [-0.39, 0.29) is 24.1 Å². The number of nitrogens with zero attached hydrogens (tertiary/aromatic N) is 1. The van der Waals surface area contributed by atoms with Gasteiger partial charge in [-0.15, -0.1) is 0 Å². The minimum Gasteiger partial charge on any atom is -0.466 e. The van der Waals surface area contributed by atoms with Crippen molar-refractivity contribution in [3.8, 4) is 0 Å². The minimum atomic E-state index is -0.271. The van der Waals surface area contributed by atoms with Gasteiger partial charge in [-0.05, 0) is 12.5 Å². The zero-order valence-corrected chi connectivity index (χ0v) is 11.9. The summed E-state index contributed by atoms with van der Waals surface area (Å²) in [5, 5.41) is 0. The van der Waals surface area contributed by atoms with Crippen molar-refractivity contribution in [3.63, 3.8) is 0 Å². The Kier molecular flexibility index (Phi) is 5.30. The van der Waals surface area contributed by atoms with Crippen molar-refractivity contribution in [2.75, 3.05) is 19.7 Å². The van der Waals surface area contributed by atoms with Gasteiger partial charge in [0.1, 0.15) is 5.78 Å². The third-order valence-corrected chi connectivity index (χ3v) is 3.58. The van der Waals surface area contributed by atoms with Gasteiger partial charge in [-0.25, -0.2) is 0 Å². The monoisotopic (exact) mass is 275 g/mol. The number of carbonyl (C=O) groups excluding carboxylic acids is 2. The molecule has 1 atom stereocenters. The summed E-state index contributed by atoms with van der Waals surface area (Å²) in [5.41, 5.74) is 1.23. The zero-order valence-electron chi connectivity index (χ0n) is 11.9. The standard InChI is InChI=1S/C16H21NO3/c1-2-20-16(19)10-14-12-17(9-8-15(14)18)11-13-6-4-3-5-7-13/h3-7,14H,2,8-12H2,1H3/t14-/m1/s1. The molecule has 2 rings (SSSR count). The number of hydrogen-bond acceptors (Lipinski definition) is 4. The second-order valence-electron chi connectivity index (χ2n) is 5.14. The van der Waals surface area contributed by atoms with E-state index in [2.05, 4.69) is 17.0 Å². The van der Waals surface area contributed by atoms with E-state index in [0.29, 0.717) is 19.6 Å². The molecule has 0 bridgehead atoms. The molecule has 1 aliphatic rings. The first-order valence-electron chi connectivity index (χ1n) is 7.13. The molecule has 0 aromatic heterocycles. The Morgan fingerprint density at radius 2 is 2.10 bits per heavy atom. The molecule has 1 aromatic carbocycles. The number of likely N-dealkylation sites (tertiary alicyclic amines) is 1. The highest BCUT2D eigenvalue weighted by molar-refractivity contribution is 5.86. The molecule has 108 valence electrons. The van der Waals surface area contributed by atoms with Gasteiger partial charge in [0.05, 0.1) is 13.0 Å². The van der Waals surface area contributed by atoms with Crippen LogP contribution in [0.15, 0.2) is 30.3 Å². The van der Waals surface area contributed by atoms with Crippen LogP contribution in [0.5, 0.6) is 0 Å². The Hall–Kier alpha value is -1.68. The minimum absolute atomic E-state index is 0.183. The topological polar surface area (TPSA) is 46.6 Å². The van der Waals surface area contributed by atoms with Gasteiger partial charge >= 0.3 is 5.97 Å². The lowest BCUT2D eigenvalue weighted by molar-refractivity contribution is -0.147. The molecule has 4 heteroatoms. The third kappa shape index (κ3) is 4.17. The zero-order chi connectivity index (χ0) is 14.4. The quantitative estimate of drug-likeness (QED) is 0.771. The summed E-state index contributed by atoms with van der Waals surface area (Å²) in [6.07, 6.45) is 0.731. The summed E-state index contributed by atoms with van der Waals surface area (Å²) in [5.74, 6) is -0.304. The van der Waals surface area contributed by atoms with Crippen molar-refractivity contribution in [3.05, 3.63) is 35.9 Å². The number of piperidine rings is 1. The Labute approximate surface area is 119 Å². The molecule has 4 nitrogen and oxygen atoms in total. The largest absolute Gasteiger partial charge is 0.466 e. The molecule has 1 fully saturated rings. The van der Waals surface area contributed by atoms with Gasteiger partial charge < -0.3 is 4.74 Å². The molecule has 0 N–H and O–H groups in total. The first-order chi connectivity index (χ1) is 9.69. The van der Waals surface area contributed by atoms with Crippen LogP contribution >= 0.6 is 0 Å². The Bertz CT molecular complexity index is 458. The van der Waals surface area contributed by atoms with E-state index >= 15 is 0 Å². The third-order valence-electron chi connectivity index (χ3n) is 3.58. The number of esters is 1. The van der Waals surface area contributed by atoms with E-state index in [1.807, 2.05) is 18.2 Å². The van der Waals surface area contributed by atoms with Crippen LogP contribution in [0.2, 0.25) is 0 Å². The van der Waals surface area contributed by atoms with Crippen molar-refractivity contribution in [2.45, 2.75) is 26.3 Å². The lowest BCUT2D eigenvalue weighted by atomic mass is 9.93. The van der Waals surface area contributed by atoms with Gasteiger partial charge in [0, 0.05) is 32.0 Å². The van der Waals surface area contributed by atoms with Gasteiger partial charge in [-0.1, -0.05) is 30.3 Å². The average Bonchev–Trinajstić information content (AvgIpc) is 2.44. The summed E-state index contributed by atoms with van der Waals surface area (Å²) in [6, 6.07) is 10.2. The van der Waals surface area contributed by atoms with Crippen molar-refractivity contribution >= 4 is 11.8 Å². The second-order valence-corrected chi connectivity index (χ2v) is 5.14. The number of benzene rings is 1. The van der Waals surface area contributed by atoms with Crippen LogP contribution in [-0.2, 0) is 20.9 Å². The predicted octanol–water partition coefficient (Wildman–Crippen LogP) is 2.03. The van der Waals surface area contributed by atoms with Gasteiger partial charge in [-0.3, -0.25) is 14.5 Å². The molecule has 1 saturated heterocycles. The SMILES string of the molecule is CCOC(=O)C[C@@H]1CN(Cc2ccccc2)CCC1=O. The van der Waals surface area contributed by atoms with Crippen LogP contribution in [0.3, 0.4) is 0 Å². The van der Waals surface area contributed by atoms with Crippen molar-refractivity contribution < 1.29 is 14.3 Å². The summed E-state index contributed by atoms with van der Waals surface area (Å²) >= 11 is 0. The van der Waals surface area contributed by atoms with E-state index in [9.17, 15) is 9.59 Å². The smallest absolute Gasteiger partial charge is 0.306 e. The van der Waals surface area contributed by atoms with E-state index in [0.717, 1.165) is 13.1 Å². The first-order valence-corrected chi connectivity index (χ1v) is 7.13. The number of hydrogen-bond donors (Lipinski definition) is 0. The molecule has 1 heterocycles. The fourth-order valence-corrected chi connectivity index (χ4v) is 2.56. The van der Waals surface area contributed by atoms with Crippen molar-refractivity contribution in [1.29, 1.82) is 0 Å². The number of rotatable bonds is 5. The van der Waals surface area contributed by atoms with Crippen LogP contribution in [-0.4, -0.2) is 36.3 Å². The van der Waals surface area contributed by atoms with Crippen molar-refractivity contribution in [1.82, 2.24) is 4.90 Å². The highest BCUT2D eigenvalue weighted by atomic mass is 16.5. The van der Waals surface area contributed by atoms with Gasteiger partial charge in [0.15, 0.2) is 0 Å². The maximum atomic E-state index is 11.9. The lowest BCUT2D eigenvalue weighted by Gasteiger charge is -2.31. The molecule has 0 spiro atoms. The van der Waals surface area contributed by atoms with E-state index in [1.165, 1.54) is 5.56 Å². The Balaban J connectivity index is 1.90. The Morgan fingerprint density at radius 1 is 1.35 bits per heavy atom. The Morgan fingerprint density at radius 3 is 2.80 bits per heavy atom. The van der Waals surface area contributed by atoms with Crippen molar-refractivity contribution in [2.24, 2.45) is 5.92 Å². The fourth-order valence-electron chi connectivity index (χ4n) is 2.56. The molecule has 0 aliphatic carbocycles. The highest BCUT2D eigenvalue weighted by Crippen LogP contribution is 2.19. The van der Waals surface area contributed by atoms with Gasteiger partial charge in [0.25, 0.3) is 0 Å². The normalized spacial score (nSPS) is 19.9. The molecule has 0 unspecified atom stereocenters. The van der Waals surface area contributed by atoms with Crippen LogP contribution < -0.4 is 0 Å². The fraction of sp³-hybridized carbons (Fsp3) is 0.500. The van der Waals surface area contributed by atoms with E-state index in [4.69, 9.17) is 4.74 Å². The van der Waals surface area contributed by atoms with Crippen LogP contribution in [0.25, 0.3) is 0 Å². The molecule has 0 saturated carbocycles. The number of carbonyl (C=O) groups is 2. The molecular weight excluding hydrogens is 254 g/mol. The van der Waals surface area contributed by atoms with Gasteiger partial charge in [0.2, 0.25) is 0 Å².